The van der Waals surface area contributed by atoms with Gasteiger partial charge in [-0.3, -0.25) is 14.5 Å². The minimum absolute atomic E-state index is 0.0931. The van der Waals surface area contributed by atoms with E-state index in [1.54, 1.807) is 0 Å². The molecule has 0 atom stereocenters. The zero-order valence-corrected chi connectivity index (χ0v) is 13.5. The van der Waals surface area contributed by atoms with Crippen LogP contribution in [-0.4, -0.2) is 66.1 Å². The molecule has 1 aromatic rings. The number of piperazine rings is 1. The molecule has 1 heterocycles. The fourth-order valence-corrected chi connectivity index (χ4v) is 2.59. The molecule has 1 aliphatic rings. The Bertz CT molecular complexity index is 539. The Kier molecular flexibility index (Phi) is 6.40. The summed E-state index contributed by atoms with van der Waals surface area (Å²) in [5.41, 5.74) is 1.13. The van der Waals surface area contributed by atoms with E-state index >= 15 is 0 Å². The Morgan fingerprint density at radius 3 is 2.57 bits per heavy atom. The third-order valence-electron chi connectivity index (χ3n) is 3.94. The standard InChI is InChI=1S/C17H24N2O4/c1-14-3-2-4-15(13-14)23-12-6-16(20)19-10-8-18(9-11-19)7-5-17(21)22/h2-4,13H,5-12H2,1H3,(H,21,22). The van der Waals surface area contributed by atoms with Crippen molar-refractivity contribution < 1.29 is 19.4 Å². The molecular formula is C17H24N2O4. The van der Waals surface area contributed by atoms with Crippen LogP contribution in [0.2, 0.25) is 0 Å². The van der Waals surface area contributed by atoms with Gasteiger partial charge < -0.3 is 14.7 Å². The van der Waals surface area contributed by atoms with Crippen molar-refractivity contribution in [2.24, 2.45) is 0 Å². The molecular weight excluding hydrogens is 296 g/mol. The Hall–Kier alpha value is -2.08. The topological polar surface area (TPSA) is 70.1 Å². The molecule has 1 fully saturated rings. The Morgan fingerprint density at radius 1 is 1.17 bits per heavy atom. The summed E-state index contributed by atoms with van der Waals surface area (Å²) in [6.07, 6.45) is 0.515. The molecule has 1 aromatic carbocycles. The fraction of sp³-hybridized carbons (Fsp3) is 0.529. The second kappa shape index (κ2) is 8.53. The molecule has 1 amide bonds. The van der Waals surface area contributed by atoms with Crippen LogP contribution in [-0.2, 0) is 9.59 Å². The van der Waals surface area contributed by atoms with Crippen molar-refractivity contribution in [2.75, 3.05) is 39.3 Å². The normalized spacial score (nSPS) is 15.4. The van der Waals surface area contributed by atoms with E-state index in [9.17, 15) is 9.59 Å². The van der Waals surface area contributed by atoms with Gasteiger partial charge in [0.25, 0.3) is 0 Å². The Balaban J connectivity index is 1.66. The van der Waals surface area contributed by atoms with Crippen LogP contribution in [0.5, 0.6) is 5.75 Å². The first-order valence-corrected chi connectivity index (χ1v) is 7.96. The minimum atomic E-state index is -0.781. The zero-order chi connectivity index (χ0) is 16.7. The van der Waals surface area contributed by atoms with Crippen molar-refractivity contribution in [1.29, 1.82) is 0 Å². The molecule has 126 valence electrons. The van der Waals surface area contributed by atoms with Crippen molar-refractivity contribution in [3.63, 3.8) is 0 Å². The number of ether oxygens (including phenoxy) is 1. The van der Waals surface area contributed by atoms with Crippen LogP contribution in [0.15, 0.2) is 24.3 Å². The van der Waals surface area contributed by atoms with Gasteiger partial charge in [0.1, 0.15) is 5.75 Å². The van der Waals surface area contributed by atoms with Gasteiger partial charge in [-0.2, -0.15) is 0 Å². The van der Waals surface area contributed by atoms with E-state index in [1.165, 1.54) is 0 Å². The Morgan fingerprint density at radius 2 is 1.91 bits per heavy atom. The summed E-state index contributed by atoms with van der Waals surface area (Å²) in [5.74, 6) is 0.101. The van der Waals surface area contributed by atoms with Crippen molar-refractivity contribution in [1.82, 2.24) is 9.80 Å². The van der Waals surface area contributed by atoms with Crippen LogP contribution in [0.4, 0.5) is 0 Å². The van der Waals surface area contributed by atoms with Crippen molar-refractivity contribution in [2.45, 2.75) is 19.8 Å². The smallest absolute Gasteiger partial charge is 0.304 e. The van der Waals surface area contributed by atoms with E-state index in [0.717, 1.165) is 24.4 Å². The highest BCUT2D eigenvalue weighted by molar-refractivity contribution is 5.76. The number of aliphatic carboxylic acids is 1. The number of aryl methyl sites for hydroxylation is 1. The second-order valence-corrected chi connectivity index (χ2v) is 5.78. The van der Waals surface area contributed by atoms with Gasteiger partial charge in [-0.15, -0.1) is 0 Å². The lowest BCUT2D eigenvalue weighted by molar-refractivity contribution is -0.138. The largest absolute Gasteiger partial charge is 0.493 e. The van der Waals surface area contributed by atoms with E-state index in [1.807, 2.05) is 36.1 Å². The number of carbonyl (C=O) groups is 2. The average Bonchev–Trinajstić information content (AvgIpc) is 2.53. The maximum Gasteiger partial charge on any atom is 0.304 e. The van der Waals surface area contributed by atoms with Crippen LogP contribution in [0.1, 0.15) is 18.4 Å². The van der Waals surface area contributed by atoms with Crippen LogP contribution in [0, 0.1) is 6.92 Å². The van der Waals surface area contributed by atoms with E-state index in [4.69, 9.17) is 9.84 Å². The molecule has 0 aliphatic carbocycles. The second-order valence-electron chi connectivity index (χ2n) is 5.78. The van der Waals surface area contributed by atoms with Gasteiger partial charge in [0, 0.05) is 32.7 Å². The van der Waals surface area contributed by atoms with Crippen LogP contribution in [0.3, 0.4) is 0 Å². The summed E-state index contributed by atoms with van der Waals surface area (Å²) in [6, 6.07) is 7.77. The molecule has 1 aliphatic heterocycles. The quantitative estimate of drug-likeness (QED) is 0.822. The van der Waals surface area contributed by atoms with Gasteiger partial charge in [0.15, 0.2) is 0 Å². The van der Waals surface area contributed by atoms with E-state index in [2.05, 4.69) is 4.90 Å². The van der Waals surface area contributed by atoms with Crippen molar-refractivity contribution >= 4 is 11.9 Å². The van der Waals surface area contributed by atoms with Crippen molar-refractivity contribution in [3.8, 4) is 5.75 Å². The highest BCUT2D eigenvalue weighted by Crippen LogP contribution is 2.13. The number of hydrogen-bond acceptors (Lipinski definition) is 4. The summed E-state index contributed by atoms with van der Waals surface area (Å²) in [6.45, 7) is 5.71. The maximum atomic E-state index is 12.2. The fourth-order valence-electron chi connectivity index (χ4n) is 2.59. The van der Waals surface area contributed by atoms with Gasteiger partial charge >= 0.3 is 5.97 Å². The average molecular weight is 320 g/mol. The van der Waals surface area contributed by atoms with Crippen LogP contribution < -0.4 is 4.74 Å². The molecule has 0 unspecified atom stereocenters. The molecule has 2 rings (SSSR count). The number of benzene rings is 1. The van der Waals surface area contributed by atoms with Crippen LogP contribution in [0.25, 0.3) is 0 Å². The first-order chi connectivity index (χ1) is 11.0. The number of nitrogens with zero attached hydrogens (tertiary/aromatic N) is 2. The highest BCUT2D eigenvalue weighted by Gasteiger charge is 2.21. The van der Waals surface area contributed by atoms with E-state index in [-0.39, 0.29) is 12.3 Å². The summed E-state index contributed by atoms with van der Waals surface area (Å²) in [7, 11) is 0. The Labute approximate surface area is 136 Å². The number of carboxylic acid groups (broad SMARTS) is 1. The van der Waals surface area contributed by atoms with Crippen LogP contribution >= 0.6 is 0 Å². The van der Waals surface area contributed by atoms with Gasteiger partial charge in [0.05, 0.1) is 19.4 Å². The summed E-state index contributed by atoms with van der Waals surface area (Å²) in [4.78, 5) is 26.6. The lowest BCUT2D eigenvalue weighted by atomic mass is 10.2. The number of rotatable bonds is 7. The maximum absolute atomic E-state index is 12.2. The van der Waals surface area contributed by atoms with E-state index < -0.39 is 5.97 Å². The molecule has 6 nitrogen and oxygen atoms in total. The van der Waals surface area contributed by atoms with Gasteiger partial charge in [-0.1, -0.05) is 12.1 Å². The third-order valence-corrected chi connectivity index (χ3v) is 3.94. The summed E-state index contributed by atoms with van der Waals surface area (Å²) in [5, 5.41) is 8.69. The van der Waals surface area contributed by atoms with Crippen molar-refractivity contribution in [3.05, 3.63) is 29.8 Å². The molecule has 1 N–H and O–H groups in total. The van der Waals surface area contributed by atoms with Gasteiger partial charge in [0.2, 0.25) is 5.91 Å². The molecule has 23 heavy (non-hydrogen) atoms. The first kappa shape index (κ1) is 17.3. The number of carbonyl (C=O) groups excluding carboxylic acids is 1. The molecule has 6 heteroatoms. The summed E-state index contributed by atoms with van der Waals surface area (Å²) < 4.78 is 5.61. The SMILES string of the molecule is Cc1cccc(OCCC(=O)N2CCN(CCC(=O)O)CC2)c1. The lowest BCUT2D eigenvalue weighted by Crippen LogP contribution is -2.49. The first-order valence-electron chi connectivity index (χ1n) is 7.96. The number of hydrogen-bond donors (Lipinski definition) is 1. The third kappa shape index (κ3) is 5.90. The molecule has 1 saturated heterocycles. The molecule has 0 saturated carbocycles. The minimum Gasteiger partial charge on any atom is -0.493 e. The predicted molar refractivity (Wildman–Crippen MR) is 86.6 cm³/mol. The lowest BCUT2D eigenvalue weighted by Gasteiger charge is -2.34. The van der Waals surface area contributed by atoms with Gasteiger partial charge in [-0.05, 0) is 24.6 Å². The molecule has 0 aromatic heterocycles. The zero-order valence-electron chi connectivity index (χ0n) is 13.5. The number of carboxylic acids is 1. The highest BCUT2D eigenvalue weighted by atomic mass is 16.5. The van der Waals surface area contributed by atoms with E-state index in [0.29, 0.717) is 32.7 Å². The van der Waals surface area contributed by atoms with Gasteiger partial charge in [-0.25, -0.2) is 0 Å². The molecule has 0 radical (unpaired) electrons. The molecule has 0 bridgehead atoms. The number of amides is 1. The predicted octanol–water partition coefficient (Wildman–Crippen LogP) is 1.38. The monoisotopic (exact) mass is 320 g/mol. The molecule has 0 spiro atoms. The summed E-state index contributed by atoms with van der Waals surface area (Å²) >= 11 is 0.